The van der Waals surface area contributed by atoms with E-state index >= 15 is 0 Å². The average molecular weight is 541 g/mol. The molecular weight excluding hydrogens is 505 g/mol. The van der Waals surface area contributed by atoms with Gasteiger partial charge in [-0.3, -0.25) is 14.7 Å². The number of benzene rings is 1. The summed E-state index contributed by atoms with van der Waals surface area (Å²) in [6.07, 6.45) is 4.29. The van der Waals surface area contributed by atoms with Gasteiger partial charge < -0.3 is 20.3 Å². The summed E-state index contributed by atoms with van der Waals surface area (Å²) in [6.45, 7) is 6.18. The number of likely N-dealkylation sites (tertiary alicyclic amines) is 1. The number of nitrogens with zero attached hydrogens (tertiary/aromatic N) is 3. The van der Waals surface area contributed by atoms with Crippen LogP contribution >= 0.6 is 24.0 Å². The van der Waals surface area contributed by atoms with Crippen LogP contribution in [0.4, 0.5) is 0 Å². The largest absolute Gasteiger partial charge is 0.373 e. The van der Waals surface area contributed by atoms with Crippen LogP contribution in [-0.2, 0) is 16.0 Å². The van der Waals surface area contributed by atoms with Crippen molar-refractivity contribution in [2.75, 3.05) is 52.9 Å². The SMILES string of the molecule is CN=C(NCC1CC(=O)N(CCc2ccccc2)C1)NCC1CN2CCCC2CO1.I. The van der Waals surface area contributed by atoms with Gasteiger partial charge in [0.1, 0.15) is 0 Å². The van der Waals surface area contributed by atoms with E-state index in [0.717, 1.165) is 51.7 Å². The summed E-state index contributed by atoms with van der Waals surface area (Å²) in [5.41, 5.74) is 1.28. The second-order valence-electron chi connectivity index (χ2n) is 8.73. The Labute approximate surface area is 203 Å². The van der Waals surface area contributed by atoms with E-state index in [2.05, 4.69) is 32.7 Å². The Morgan fingerprint density at radius 2 is 2.00 bits per heavy atom. The zero-order valence-electron chi connectivity index (χ0n) is 18.5. The van der Waals surface area contributed by atoms with Crippen molar-refractivity contribution in [1.29, 1.82) is 0 Å². The molecule has 7 nitrogen and oxygen atoms in total. The van der Waals surface area contributed by atoms with E-state index in [9.17, 15) is 4.79 Å². The summed E-state index contributed by atoms with van der Waals surface area (Å²) < 4.78 is 6.02. The summed E-state index contributed by atoms with van der Waals surface area (Å²) in [5.74, 6) is 1.37. The van der Waals surface area contributed by atoms with Gasteiger partial charge in [-0.05, 0) is 31.4 Å². The second-order valence-corrected chi connectivity index (χ2v) is 8.73. The van der Waals surface area contributed by atoms with Gasteiger partial charge in [0, 0.05) is 58.2 Å². The number of halogens is 1. The number of aliphatic imine (C=N–C) groups is 1. The summed E-state index contributed by atoms with van der Waals surface area (Å²) in [4.78, 5) is 21.3. The third-order valence-corrected chi connectivity index (χ3v) is 6.55. The quantitative estimate of drug-likeness (QED) is 0.313. The molecule has 1 aromatic carbocycles. The predicted octanol–water partition coefficient (Wildman–Crippen LogP) is 1.72. The Bertz CT molecular complexity index is 732. The molecule has 3 heterocycles. The van der Waals surface area contributed by atoms with Crippen molar-refractivity contribution in [3.63, 3.8) is 0 Å². The molecule has 1 amide bonds. The molecular formula is C23H36IN5O2. The number of hydrogen-bond donors (Lipinski definition) is 2. The van der Waals surface area contributed by atoms with Gasteiger partial charge in [0.05, 0.1) is 12.7 Å². The Morgan fingerprint density at radius 1 is 1.19 bits per heavy atom. The fourth-order valence-electron chi connectivity index (χ4n) is 4.80. The fourth-order valence-corrected chi connectivity index (χ4v) is 4.80. The summed E-state index contributed by atoms with van der Waals surface area (Å²) >= 11 is 0. The molecule has 3 aliphatic rings. The Hall–Kier alpha value is -1.39. The van der Waals surface area contributed by atoms with Crippen molar-refractivity contribution in [2.45, 2.75) is 37.8 Å². The lowest BCUT2D eigenvalue weighted by molar-refractivity contribution is -0.127. The minimum absolute atomic E-state index is 0. The first-order valence-corrected chi connectivity index (χ1v) is 11.3. The minimum Gasteiger partial charge on any atom is -0.373 e. The molecule has 172 valence electrons. The Balaban J connectivity index is 0.00000272. The summed E-state index contributed by atoms with van der Waals surface area (Å²) in [6, 6.07) is 11.0. The van der Waals surface area contributed by atoms with Crippen LogP contribution in [-0.4, -0.2) is 86.7 Å². The van der Waals surface area contributed by atoms with Gasteiger partial charge >= 0.3 is 0 Å². The van der Waals surface area contributed by atoms with E-state index < -0.39 is 0 Å². The predicted molar refractivity (Wildman–Crippen MR) is 134 cm³/mol. The maximum absolute atomic E-state index is 12.4. The normalized spacial score (nSPS) is 26.5. The van der Waals surface area contributed by atoms with Crippen LogP contribution in [0.25, 0.3) is 0 Å². The lowest BCUT2D eigenvalue weighted by Crippen LogP contribution is -2.51. The molecule has 0 saturated carbocycles. The Morgan fingerprint density at radius 3 is 2.81 bits per heavy atom. The number of hydrogen-bond acceptors (Lipinski definition) is 4. The Kier molecular flexibility index (Phi) is 9.40. The summed E-state index contributed by atoms with van der Waals surface area (Å²) in [7, 11) is 1.79. The number of guanidine groups is 1. The minimum atomic E-state index is 0. The van der Waals surface area contributed by atoms with Crippen molar-refractivity contribution in [3.8, 4) is 0 Å². The molecule has 2 N–H and O–H groups in total. The van der Waals surface area contributed by atoms with Crippen LogP contribution in [0.2, 0.25) is 0 Å². The molecule has 0 aliphatic carbocycles. The highest BCUT2D eigenvalue weighted by Gasteiger charge is 2.32. The lowest BCUT2D eigenvalue weighted by atomic mass is 10.1. The highest BCUT2D eigenvalue weighted by Crippen LogP contribution is 2.22. The van der Waals surface area contributed by atoms with E-state index in [4.69, 9.17) is 4.74 Å². The van der Waals surface area contributed by atoms with E-state index in [1.165, 1.54) is 24.9 Å². The molecule has 0 bridgehead atoms. The number of carbonyl (C=O) groups excluding carboxylic acids is 1. The molecule has 0 aromatic heterocycles. The molecule has 3 atom stereocenters. The molecule has 8 heteroatoms. The van der Waals surface area contributed by atoms with E-state index in [1.807, 2.05) is 23.1 Å². The van der Waals surface area contributed by atoms with Crippen LogP contribution in [0.15, 0.2) is 35.3 Å². The first-order chi connectivity index (χ1) is 14.7. The van der Waals surface area contributed by atoms with Gasteiger partial charge in [0.15, 0.2) is 5.96 Å². The third-order valence-electron chi connectivity index (χ3n) is 6.55. The molecule has 3 unspecified atom stereocenters. The first kappa shape index (κ1) is 24.3. The standard InChI is InChI=1S/C23H35N5O2.HI/c1-24-23(26-14-21-16-27-10-5-8-20(27)17-30-21)25-13-19-12-22(29)28(15-19)11-9-18-6-3-2-4-7-18;/h2-4,6-7,19-21H,5,8-17H2,1H3,(H2,24,25,26);1H. The molecule has 3 aliphatic heterocycles. The molecule has 1 aromatic rings. The molecule has 3 fully saturated rings. The maximum atomic E-state index is 12.4. The highest BCUT2D eigenvalue weighted by atomic mass is 127. The molecule has 0 radical (unpaired) electrons. The van der Waals surface area contributed by atoms with Crippen LogP contribution in [0.3, 0.4) is 0 Å². The van der Waals surface area contributed by atoms with Gasteiger partial charge in [0.2, 0.25) is 5.91 Å². The van der Waals surface area contributed by atoms with Gasteiger partial charge in [-0.1, -0.05) is 30.3 Å². The van der Waals surface area contributed by atoms with Crippen molar-refractivity contribution in [3.05, 3.63) is 35.9 Å². The van der Waals surface area contributed by atoms with Gasteiger partial charge in [0.25, 0.3) is 0 Å². The van der Waals surface area contributed by atoms with Gasteiger partial charge in [-0.15, -0.1) is 24.0 Å². The number of ether oxygens (including phenoxy) is 1. The number of morpholine rings is 1. The number of nitrogens with one attached hydrogen (secondary N) is 2. The van der Waals surface area contributed by atoms with Gasteiger partial charge in [-0.25, -0.2) is 0 Å². The smallest absolute Gasteiger partial charge is 0.223 e. The van der Waals surface area contributed by atoms with Crippen LogP contribution in [0.5, 0.6) is 0 Å². The number of amides is 1. The van der Waals surface area contributed by atoms with E-state index in [0.29, 0.717) is 18.4 Å². The fraction of sp³-hybridized carbons (Fsp3) is 0.652. The number of fused-ring (bicyclic) bond motifs is 1. The van der Waals surface area contributed by atoms with Crippen molar-refractivity contribution >= 4 is 35.8 Å². The van der Waals surface area contributed by atoms with Crippen molar-refractivity contribution < 1.29 is 9.53 Å². The zero-order valence-corrected chi connectivity index (χ0v) is 20.8. The van der Waals surface area contributed by atoms with Crippen molar-refractivity contribution in [2.24, 2.45) is 10.9 Å². The number of rotatable bonds is 7. The summed E-state index contributed by atoms with van der Waals surface area (Å²) in [5, 5.41) is 6.80. The van der Waals surface area contributed by atoms with Gasteiger partial charge in [-0.2, -0.15) is 0 Å². The first-order valence-electron chi connectivity index (χ1n) is 11.3. The molecule has 31 heavy (non-hydrogen) atoms. The second kappa shape index (κ2) is 12.0. The average Bonchev–Trinajstić information content (AvgIpc) is 3.38. The third kappa shape index (κ3) is 6.79. The van der Waals surface area contributed by atoms with E-state index in [-0.39, 0.29) is 36.0 Å². The highest BCUT2D eigenvalue weighted by molar-refractivity contribution is 14.0. The van der Waals surface area contributed by atoms with E-state index in [1.54, 1.807) is 7.05 Å². The zero-order chi connectivity index (χ0) is 20.8. The molecule has 3 saturated heterocycles. The lowest BCUT2D eigenvalue weighted by Gasteiger charge is -2.35. The van der Waals surface area contributed by atoms with Crippen molar-refractivity contribution in [1.82, 2.24) is 20.4 Å². The van der Waals surface area contributed by atoms with Crippen LogP contribution in [0.1, 0.15) is 24.8 Å². The maximum Gasteiger partial charge on any atom is 0.223 e. The number of carbonyl (C=O) groups is 1. The molecule has 0 spiro atoms. The molecule has 4 rings (SSSR count). The van der Waals surface area contributed by atoms with Crippen LogP contribution < -0.4 is 10.6 Å². The van der Waals surface area contributed by atoms with Crippen LogP contribution in [0, 0.1) is 5.92 Å². The monoisotopic (exact) mass is 541 g/mol. The topological polar surface area (TPSA) is 69.2 Å².